The van der Waals surface area contributed by atoms with Gasteiger partial charge in [-0.1, -0.05) is 41.9 Å². The van der Waals surface area contributed by atoms with Crippen LogP contribution in [0.15, 0.2) is 30.3 Å². The molecule has 0 amide bonds. The van der Waals surface area contributed by atoms with E-state index in [1.165, 1.54) is 0 Å². The zero-order valence-corrected chi connectivity index (χ0v) is 7.40. The largest absolute Gasteiger partial charge is 0.440 e. The van der Waals surface area contributed by atoms with E-state index in [1.54, 1.807) is 30.3 Å². The van der Waals surface area contributed by atoms with E-state index in [0.29, 0.717) is 5.56 Å². The van der Waals surface area contributed by atoms with E-state index >= 15 is 0 Å². The van der Waals surface area contributed by atoms with Crippen molar-refractivity contribution < 1.29 is 14.3 Å². The maximum Gasteiger partial charge on any atom is 0.294 e. The lowest BCUT2D eigenvalue weighted by molar-refractivity contribution is -0.129. The van der Waals surface area contributed by atoms with Crippen LogP contribution in [0.1, 0.15) is 10.4 Å². The molecule has 0 spiro atoms. The average molecular weight is 199 g/mol. The molecule has 3 nitrogen and oxygen atoms in total. The minimum atomic E-state index is -1.24. The fourth-order valence-corrected chi connectivity index (χ4v) is 1.01. The number of carbonyl (C=O) groups excluding carboxylic acids is 2. The van der Waals surface area contributed by atoms with Gasteiger partial charge >= 0.3 is 0 Å². The number of ketones is 1. The molecule has 1 unspecified atom stereocenters. The Kier molecular flexibility index (Phi) is 3.46. The van der Waals surface area contributed by atoms with Crippen LogP contribution in [-0.4, -0.2) is 17.8 Å². The molecule has 0 bridgehead atoms. The Labute approximate surface area is 80.3 Å². The smallest absolute Gasteiger partial charge is 0.294 e. The summed E-state index contributed by atoms with van der Waals surface area (Å²) in [5, 5.41) is 0. The number of alkyl halides is 1. The molecule has 0 radical (unpaired) electrons. The van der Waals surface area contributed by atoms with E-state index in [2.05, 4.69) is 4.74 Å². The van der Waals surface area contributed by atoms with E-state index in [1.807, 2.05) is 0 Å². The molecular weight excluding hydrogens is 192 g/mol. The molecule has 4 heteroatoms. The number of halogens is 1. The van der Waals surface area contributed by atoms with E-state index in [9.17, 15) is 9.59 Å². The average Bonchev–Trinajstić information content (AvgIpc) is 2.18. The molecule has 0 N–H and O–H groups in total. The second kappa shape index (κ2) is 4.62. The van der Waals surface area contributed by atoms with Crippen LogP contribution in [0.2, 0.25) is 0 Å². The van der Waals surface area contributed by atoms with Crippen LogP contribution in [0.3, 0.4) is 0 Å². The van der Waals surface area contributed by atoms with Crippen molar-refractivity contribution >= 4 is 23.9 Å². The van der Waals surface area contributed by atoms with Gasteiger partial charge in [0.1, 0.15) is 0 Å². The van der Waals surface area contributed by atoms with Gasteiger partial charge in [-0.25, -0.2) is 0 Å². The molecule has 0 saturated carbocycles. The highest BCUT2D eigenvalue weighted by Gasteiger charge is 2.17. The van der Waals surface area contributed by atoms with Gasteiger partial charge in [-0.2, -0.15) is 0 Å². The number of ether oxygens (including phenoxy) is 1. The molecule has 1 rings (SSSR count). The van der Waals surface area contributed by atoms with Crippen molar-refractivity contribution in [2.75, 3.05) is 0 Å². The summed E-state index contributed by atoms with van der Waals surface area (Å²) in [6.45, 7) is 0.151. The first-order chi connectivity index (χ1) is 6.25. The number of Topliss-reactive ketones (excluding diaryl/α,β-unsaturated/α-hetero) is 1. The first-order valence-electron chi connectivity index (χ1n) is 3.58. The quantitative estimate of drug-likeness (QED) is 0.419. The molecule has 13 heavy (non-hydrogen) atoms. The number of hydrogen-bond acceptors (Lipinski definition) is 3. The minimum absolute atomic E-state index is 0.151. The highest BCUT2D eigenvalue weighted by atomic mass is 35.5. The van der Waals surface area contributed by atoms with Crippen molar-refractivity contribution in [2.45, 2.75) is 5.56 Å². The summed E-state index contributed by atoms with van der Waals surface area (Å²) in [5.74, 6) is -0.422. The number of rotatable bonds is 4. The summed E-state index contributed by atoms with van der Waals surface area (Å²) in [7, 11) is 0. The topological polar surface area (TPSA) is 43.4 Å². The third kappa shape index (κ3) is 2.56. The van der Waals surface area contributed by atoms with Crippen LogP contribution >= 0.6 is 11.6 Å². The predicted molar refractivity (Wildman–Crippen MR) is 47.6 cm³/mol. The molecule has 0 aliphatic heterocycles. The van der Waals surface area contributed by atoms with Crippen LogP contribution in [-0.2, 0) is 9.53 Å². The van der Waals surface area contributed by atoms with Crippen molar-refractivity contribution in [3.63, 3.8) is 0 Å². The Morgan fingerprint density at radius 3 is 2.54 bits per heavy atom. The zero-order chi connectivity index (χ0) is 9.68. The number of benzene rings is 1. The molecule has 68 valence electrons. The van der Waals surface area contributed by atoms with Gasteiger partial charge in [0.2, 0.25) is 11.3 Å². The van der Waals surface area contributed by atoms with Crippen molar-refractivity contribution in [3.05, 3.63) is 35.9 Å². The lowest BCUT2D eigenvalue weighted by Gasteiger charge is -2.05. The predicted octanol–water partition coefficient (Wildman–Crippen LogP) is 1.61. The van der Waals surface area contributed by atoms with Crippen molar-refractivity contribution in [3.8, 4) is 0 Å². The second-order valence-corrected chi connectivity index (χ2v) is 2.68. The van der Waals surface area contributed by atoms with Crippen LogP contribution in [0.4, 0.5) is 0 Å². The molecule has 0 heterocycles. The van der Waals surface area contributed by atoms with Gasteiger partial charge in [0.15, 0.2) is 0 Å². The van der Waals surface area contributed by atoms with Crippen molar-refractivity contribution in [1.82, 2.24) is 0 Å². The molecule has 0 aromatic heterocycles. The van der Waals surface area contributed by atoms with Crippen molar-refractivity contribution in [2.24, 2.45) is 0 Å². The molecular formula is C9H7ClO3. The van der Waals surface area contributed by atoms with Gasteiger partial charge < -0.3 is 4.74 Å². The summed E-state index contributed by atoms with van der Waals surface area (Å²) in [6.07, 6.45) is 0. The van der Waals surface area contributed by atoms with E-state index in [0.717, 1.165) is 0 Å². The molecule has 1 aromatic rings. The fraction of sp³-hybridized carbons (Fsp3) is 0.111. The van der Waals surface area contributed by atoms with Crippen LogP contribution in [0.25, 0.3) is 0 Å². The van der Waals surface area contributed by atoms with Gasteiger partial charge in [-0.15, -0.1) is 0 Å². The lowest BCUT2D eigenvalue weighted by Crippen LogP contribution is -2.17. The summed E-state index contributed by atoms with van der Waals surface area (Å²) >= 11 is 5.46. The molecule has 0 aliphatic rings. The molecule has 0 saturated heterocycles. The minimum Gasteiger partial charge on any atom is -0.440 e. The molecule has 0 aliphatic carbocycles. The maximum atomic E-state index is 11.3. The van der Waals surface area contributed by atoms with Crippen molar-refractivity contribution in [1.29, 1.82) is 0 Å². The number of hydrogen-bond donors (Lipinski definition) is 0. The Bertz CT molecular complexity index is 297. The highest BCUT2D eigenvalue weighted by molar-refractivity contribution is 6.33. The summed E-state index contributed by atoms with van der Waals surface area (Å²) < 4.78 is 4.29. The normalized spacial score (nSPS) is 11.8. The third-order valence-electron chi connectivity index (χ3n) is 1.44. The Morgan fingerprint density at radius 1 is 1.38 bits per heavy atom. The van der Waals surface area contributed by atoms with Gasteiger partial charge in [-0.05, 0) is 0 Å². The zero-order valence-electron chi connectivity index (χ0n) is 6.64. The van der Waals surface area contributed by atoms with Gasteiger partial charge in [0.25, 0.3) is 6.47 Å². The second-order valence-electron chi connectivity index (χ2n) is 2.28. The Morgan fingerprint density at radius 2 is 2.00 bits per heavy atom. The van der Waals surface area contributed by atoms with E-state index in [-0.39, 0.29) is 6.47 Å². The summed E-state index contributed by atoms with van der Waals surface area (Å²) in [6, 6.07) is 8.40. The van der Waals surface area contributed by atoms with E-state index in [4.69, 9.17) is 11.6 Å². The van der Waals surface area contributed by atoms with Gasteiger partial charge in [-0.3, -0.25) is 9.59 Å². The highest BCUT2D eigenvalue weighted by Crippen LogP contribution is 2.08. The van der Waals surface area contributed by atoms with Crippen LogP contribution in [0, 0.1) is 0 Å². The number of carbonyl (C=O) groups is 2. The van der Waals surface area contributed by atoms with Gasteiger partial charge in [0.05, 0.1) is 0 Å². The van der Waals surface area contributed by atoms with E-state index < -0.39 is 11.3 Å². The Hall–Kier alpha value is -1.35. The van der Waals surface area contributed by atoms with Gasteiger partial charge in [0, 0.05) is 5.56 Å². The summed E-state index contributed by atoms with van der Waals surface area (Å²) in [5.41, 5.74) is -0.816. The standard InChI is InChI=1S/C9H7ClO3/c10-9(13-6-11)8(12)7-4-2-1-3-5-7/h1-6,9H. The Balaban J connectivity index is 2.73. The maximum absolute atomic E-state index is 11.3. The fourth-order valence-electron chi connectivity index (χ4n) is 0.844. The summed E-state index contributed by atoms with van der Waals surface area (Å²) in [4.78, 5) is 21.2. The lowest BCUT2D eigenvalue weighted by atomic mass is 10.1. The van der Waals surface area contributed by atoms with Crippen LogP contribution in [0.5, 0.6) is 0 Å². The first-order valence-corrected chi connectivity index (χ1v) is 4.02. The molecule has 1 aromatic carbocycles. The molecule has 1 atom stereocenters. The SMILES string of the molecule is O=COC(Cl)C(=O)c1ccccc1. The van der Waals surface area contributed by atoms with Crippen LogP contribution < -0.4 is 0 Å². The monoisotopic (exact) mass is 198 g/mol. The molecule has 0 fully saturated rings. The third-order valence-corrected chi connectivity index (χ3v) is 1.74. The first kappa shape index (κ1) is 9.74.